The van der Waals surface area contributed by atoms with Gasteiger partial charge < -0.3 is 11.1 Å². The van der Waals surface area contributed by atoms with Gasteiger partial charge in [0.15, 0.2) is 0 Å². The Labute approximate surface area is 155 Å². The monoisotopic (exact) mass is 399 g/mol. The number of hydrogen-bond acceptors (Lipinski definition) is 4. The highest BCUT2D eigenvalue weighted by atomic mass is 35.5. The zero-order valence-electron chi connectivity index (χ0n) is 13.7. The van der Waals surface area contributed by atoms with Gasteiger partial charge in [-0.15, -0.1) is 11.3 Å². The Hall–Kier alpha value is -2.32. The minimum atomic E-state index is -4.54. The summed E-state index contributed by atoms with van der Waals surface area (Å²) in [6.45, 7) is 3.72. The summed E-state index contributed by atoms with van der Waals surface area (Å²) in [4.78, 5) is 17.7. The molecule has 0 aliphatic carbocycles. The number of carbonyl (C=O) groups is 1. The largest absolute Gasteiger partial charge is 0.416 e. The lowest BCUT2D eigenvalue weighted by Gasteiger charge is -2.11. The number of nitrogens with two attached hydrogens (primary N) is 1. The van der Waals surface area contributed by atoms with E-state index in [1.165, 1.54) is 0 Å². The summed E-state index contributed by atoms with van der Waals surface area (Å²) in [6, 6.07) is 4.55. The quantitative estimate of drug-likeness (QED) is 0.604. The zero-order valence-corrected chi connectivity index (χ0v) is 15.2. The van der Waals surface area contributed by atoms with Gasteiger partial charge in [-0.05, 0) is 43.7 Å². The lowest BCUT2D eigenvalue weighted by Crippen LogP contribution is -2.13. The molecule has 0 aliphatic rings. The van der Waals surface area contributed by atoms with E-state index in [2.05, 4.69) is 10.3 Å². The molecular weight excluding hydrogens is 387 g/mol. The van der Waals surface area contributed by atoms with E-state index in [1.54, 1.807) is 0 Å². The highest BCUT2D eigenvalue weighted by molar-refractivity contribution is 7.21. The normalized spacial score (nSPS) is 11.8. The summed E-state index contributed by atoms with van der Waals surface area (Å²) in [5, 5.41) is 3.04. The van der Waals surface area contributed by atoms with Crippen molar-refractivity contribution in [1.29, 1.82) is 0 Å². The molecule has 0 bridgehead atoms. The first-order chi connectivity index (χ1) is 12.1. The number of benzene rings is 1. The van der Waals surface area contributed by atoms with Crippen molar-refractivity contribution in [1.82, 2.24) is 4.98 Å². The van der Waals surface area contributed by atoms with Gasteiger partial charge in [0.25, 0.3) is 5.91 Å². The van der Waals surface area contributed by atoms with Gasteiger partial charge in [-0.25, -0.2) is 4.98 Å². The summed E-state index contributed by atoms with van der Waals surface area (Å²) in [6.07, 6.45) is -4.54. The van der Waals surface area contributed by atoms with Gasteiger partial charge in [-0.1, -0.05) is 11.6 Å². The van der Waals surface area contributed by atoms with Crippen LogP contribution in [0, 0.1) is 13.8 Å². The van der Waals surface area contributed by atoms with Crippen molar-refractivity contribution in [2.45, 2.75) is 20.0 Å². The van der Waals surface area contributed by atoms with Crippen LogP contribution in [0.1, 0.15) is 26.5 Å². The summed E-state index contributed by atoms with van der Waals surface area (Å²) in [7, 11) is 0. The maximum Gasteiger partial charge on any atom is 0.416 e. The molecule has 0 saturated heterocycles. The summed E-state index contributed by atoms with van der Waals surface area (Å²) in [5.74, 6) is -0.637. The minimum absolute atomic E-state index is 0.00385. The van der Waals surface area contributed by atoms with Crippen molar-refractivity contribution in [3.8, 4) is 0 Å². The van der Waals surface area contributed by atoms with E-state index in [4.69, 9.17) is 17.3 Å². The number of halogens is 4. The Kier molecular flexibility index (Phi) is 4.58. The van der Waals surface area contributed by atoms with Crippen LogP contribution >= 0.6 is 22.9 Å². The van der Waals surface area contributed by atoms with Gasteiger partial charge in [0.1, 0.15) is 9.71 Å². The second-order valence-corrected chi connectivity index (χ2v) is 7.14. The Morgan fingerprint density at radius 2 is 1.96 bits per heavy atom. The van der Waals surface area contributed by atoms with Crippen molar-refractivity contribution in [3.63, 3.8) is 0 Å². The maximum atomic E-state index is 12.9. The zero-order chi connectivity index (χ0) is 19.2. The number of hydrogen-bond donors (Lipinski definition) is 2. The predicted octanol–water partition coefficient (Wildman–Crippen LogP) is 5.42. The molecule has 3 aromatic rings. The predicted molar refractivity (Wildman–Crippen MR) is 97.9 cm³/mol. The fourth-order valence-corrected chi connectivity index (χ4v) is 3.56. The molecule has 0 saturated carbocycles. The molecule has 0 radical (unpaired) electrons. The molecule has 0 atom stereocenters. The van der Waals surface area contributed by atoms with Crippen molar-refractivity contribution in [2.24, 2.45) is 0 Å². The number of aromatic nitrogens is 1. The first-order valence-electron chi connectivity index (χ1n) is 7.42. The second kappa shape index (κ2) is 6.44. The molecule has 2 heterocycles. The van der Waals surface area contributed by atoms with E-state index in [-0.39, 0.29) is 21.3 Å². The Morgan fingerprint density at radius 1 is 1.27 bits per heavy atom. The number of nitrogens with one attached hydrogen (secondary N) is 1. The number of fused-ring (bicyclic) bond motifs is 1. The molecule has 2 aromatic heterocycles. The van der Waals surface area contributed by atoms with Crippen molar-refractivity contribution < 1.29 is 18.0 Å². The van der Waals surface area contributed by atoms with Gasteiger partial charge >= 0.3 is 6.18 Å². The van der Waals surface area contributed by atoms with Crippen molar-refractivity contribution in [2.75, 3.05) is 11.1 Å². The first-order valence-corrected chi connectivity index (χ1v) is 8.61. The number of anilines is 2. The molecule has 0 spiro atoms. The third-order valence-electron chi connectivity index (χ3n) is 3.91. The van der Waals surface area contributed by atoms with E-state index in [0.29, 0.717) is 10.2 Å². The van der Waals surface area contributed by atoms with E-state index < -0.39 is 17.6 Å². The van der Waals surface area contributed by atoms with E-state index in [1.807, 2.05) is 19.9 Å². The topological polar surface area (TPSA) is 68.0 Å². The Morgan fingerprint density at radius 3 is 2.62 bits per heavy atom. The highest BCUT2D eigenvalue weighted by Crippen LogP contribution is 2.36. The number of pyridine rings is 1. The van der Waals surface area contributed by atoms with E-state index in [0.717, 1.165) is 40.8 Å². The first kappa shape index (κ1) is 18.5. The molecule has 9 heteroatoms. The molecule has 136 valence electrons. The average Bonchev–Trinajstić information content (AvgIpc) is 2.85. The molecule has 0 aliphatic heterocycles. The average molecular weight is 400 g/mol. The number of carbonyl (C=O) groups excluding carboxylic acids is 1. The second-order valence-electron chi connectivity index (χ2n) is 5.73. The summed E-state index contributed by atoms with van der Waals surface area (Å²) in [5.41, 5.74) is 6.98. The van der Waals surface area contributed by atoms with Crippen LogP contribution in [-0.2, 0) is 6.18 Å². The fourth-order valence-electron chi connectivity index (χ4n) is 2.37. The number of rotatable bonds is 2. The summed E-state index contributed by atoms with van der Waals surface area (Å²) >= 11 is 6.99. The third-order valence-corrected chi connectivity index (χ3v) is 5.36. The van der Waals surface area contributed by atoms with Crippen LogP contribution in [0.4, 0.5) is 24.5 Å². The van der Waals surface area contributed by atoms with Gasteiger partial charge in [0.05, 0.1) is 22.0 Å². The molecule has 0 fully saturated rings. The highest BCUT2D eigenvalue weighted by Gasteiger charge is 2.31. The Balaban J connectivity index is 1.99. The van der Waals surface area contributed by atoms with Gasteiger partial charge in [-0.3, -0.25) is 4.79 Å². The number of nitrogens with zero attached hydrogens (tertiary/aromatic N) is 1. The van der Waals surface area contributed by atoms with Crippen LogP contribution < -0.4 is 11.1 Å². The lowest BCUT2D eigenvalue weighted by atomic mass is 10.1. The molecule has 4 nitrogen and oxygen atoms in total. The molecule has 1 aromatic carbocycles. The van der Waals surface area contributed by atoms with Crippen molar-refractivity contribution >= 4 is 50.4 Å². The van der Waals surface area contributed by atoms with Crippen molar-refractivity contribution in [3.05, 3.63) is 51.0 Å². The van der Waals surface area contributed by atoms with Crippen LogP contribution in [0.5, 0.6) is 0 Å². The van der Waals surface area contributed by atoms with Gasteiger partial charge in [-0.2, -0.15) is 13.2 Å². The fraction of sp³-hybridized carbons (Fsp3) is 0.176. The number of alkyl halides is 3. The van der Waals surface area contributed by atoms with Crippen LogP contribution in [0.15, 0.2) is 24.3 Å². The standard InChI is InChI=1S/C17H13ClF3N3OS/c1-7-5-10-13(22)14(26-16(10)23-8(7)2)15(25)24-12-6-9(17(19,20)21)3-4-11(12)18/h3-6H,22H2,1-2H3,(H,24,25). The molecular formula is C17H13ClF3N3OS. The summed E-state index contributed by atoms with van der Waals surface area (Å²) < 4.78 is 38.6. The molecule has 3 N–H and O–H groups in total. The van der Waals surface area contributed by atoms with E-state index >= 15 is 0 Å². The maximum absolute atomic E-state index is 12.9. The molecule has 3 rings (SSSR count). The number of nitrogen functional groups attached to an aromatic ring is 1. The van der Waals surface area contributed by atoms with Crippen LogP contribution in [0.3, 0.4) is 0 Å². The van der Waals surface area contributed by atoms with E-state index in [9.17, 15) is 18.0 Å². The molecule has 1 amide bonds. The van der Waals surface area contributed by atoms with Crippen LogP contribution in [-0.4, -0.2) is 10.9 Å². The number of thiophene rings is 1. The number of amides is 1. The van der Waals surface area contributed by atoms with Crippen LogP contribution in [0.25, 0.3) is 10.2 Å². The number of aryl methyl sites for hydroxylation is 2. The smallest absolute Gasteiger partial charge is 0.397 e. The van der Waals surface area contributed by atoms with Gasteiger partial charge in [0, 0.05) is 11.1 Å². The lowest BCUT2D eigenvalue weighted by molar-refractivity contribution is -0.137. The Bertz CT molecular complexity index is 1030. The minimum Gasteiger partial charge on any atom is -0.397 e. The molecule has 0 unspecified atom stereocenters. The SMILES string of the molecule is Cc1cc2c(N)c(C(=O)Nc3cc(C(F)(F)F)ccc3Cl)sc2nc1C. The van der Waals surface area contributed by atoms with Gasteiger partial charge in [0.2, 0.25) is 0 Å². The van der Waals surface area contributed by atoms with Crippen LogP contribution in [0.2, 0.25) is 5.02 Å². The molecule has 26 heavy (non-hydrogen) atoms. The third kappa shape index (κ3) is 3.34.